The zero-order valence-electron chi connectivity index (χ0n) is 12.4. The molecule has 0 unspecified atom stereocenters. The first-order chi connectivity index (χ1) is 10.0. The Morgan fingerprint density at radius 3 is 2.86 bits per heavy atom. The van der Waals surface area contributed by atoms with Crippen molar-refractivity contribution in [2.45, 2.75) is 26.7 Å². The van der Waals surface area contributed by atoms with Crippen molar-refractivity contribution in [3.8, 4) is 5.75 Å². The lowest BCUT2D eigenvalue weighted by Gasteiger charge is -2.07. The Balaban J connectivity index is 2.16. The van der Waals surface area contributed by atoms with Crippen LogP contribution in [0.15, 0.2) is 24.3 Å². The number of amides is 1. The number of ether oxygens (including phenoxy) is 1. The third kappa shape index (κ3) is 3.34. The van der Waals surface area contributed by atoms with Gasteiger partial charge < -0.3 is 15.8 Å². The second-order valence-corrected chi connectivity index (χ2v) is 4.97. The first-order valence-electron chi connectivity index (χ1n) is 6.90. The Kier molecular flexibility index (Phi) is 4.47. The molecule has 0 saturated carbocycles. The van der Waals surface area contributed by atoms with Gasteiger partial charge in [-0.15, -0.1) is 0 Å². The Labute approximate surface area is 123 Å². The van der Waals surface area contributed by atoms with Crippen LogP contribution >= 0.6 is 0 Å². The maximum atomic E-state index is 12.2. The minimum Gasteiger partial charge on any atom is -0.494 e. The standard InChI is InChI=1S/C15H20N4O2/c1-4-21-11-7-5-6-10(8-11)17-15(20)14-12(16)13(9(2)3)18-19-14/h5-9H,4,16H2,1-3H3,(H,17,20)(H,18,19). The van der Waals surface area contributed by atoms with Crippen molar-refractivity contribution in [3.05, 3.63) is 35.7 Å². The first-order valence-corrected chi connectivity index (χ1v) is 6.90. The normalized spacial score (nSPS) is 10.7. The van der Waals surface area contributed by atoms with Crippen LogP contribution in [0.4, 0.5) is 11.4 Å². The van der Waals surface area contributed by atoms with E-state index in [1.807, 2.05) is 32.9 Å². The summed E-state index contributed by atoms with van der Waals surface area (Å²) in [5.41, 5.74) is 7.96. The van der Waals surface area contributed by atoms with Crippen molar-refractivity contribution < 1.29 is 9.53 Å². The number of rotatable bonds is 5. The van der Waals surface area contributed by atoms with Crippen molar-refractivity contribution in [2.75, 3.05) is 17.7 Å². The van der Waals surface area contributed by atoms with Gasteiger partial charge in [0.05, 0.1) is 18.0 Å². The minimum absolute atomic E-state index is 0.181. The van der Waals surface area contributed by atoms with Crippen LogP contribution in [-0.2, 0) is 0 Å². The molecule has 0 radical (unpaired) electrons. The van der Waals surface area contributed by atoms with E-state index in [4.69, 9.17) is 10.5 Å². The highest BCUT2D eigenvalue weighted by molar-refractivity contribution is 6.06. The lowest BCUT2D eigenvalue weighted by atomic mass is 10.1. The average Bonchev–Trinajstić information content (AvgIpc) is 2.81. The summed E-state index contributed by atoms with van der Waals surface area (Å²) < 4.78 is 5.40. The van der Waals surface area contributed by atoms with Gasteiger partial charge >= 0.3 is 0 Å². The number of nitrogens with one attached hydrogen (secondary N) is 2. The Hall–Kier alpha value is -2.50. The van der Waals surface area contributed by atoms with E-state index in [-0.39, 0.29) is 17.5 Å². The molecular formula is C15H20N4O2. The third-order valence-corrected chi connectivity index (χ3v) is 3.03. The highest BCUT2D eigenvalue weighted by Crippen LogP contribution is 2.23. The molecule has 112 valence electrons. The zero-order chi connectivity index (χ0) is 15.4. The quantitative estimate of drug-likeness (QED) is 0.788. The molecule has 4 N–H and O–H groups in total. The van der Waals surface area contributed by atoms with Gasteiger partial charge in [0.15, 0.2) is 5.69 Å². The van der Waals surface area contributed by atoms with Crippen LogP contribution in [0, 0.1) is 0 Å². The molecule has 6 heteroatoms. The average molecular weight is 288 g/mol. The van der Waals surface area contributed by atoms with Gasteiger partial charge in [0.25, 0.3) is 5.91 Å². The molecule has 0 fully saturated rings. The van der Waals surface area contributed by atoms with Crippen LogP contribution in [0.25, 0.3) is 0 Å². The number of hydrogen-bond donors (Lipinski definition) is 3. The fourth-order valence-electron chi connectivity index (χ4n) is 2.00. The lowest BCUT2D eigenvalue weighted by Crippen LogP contribution is -2.14. The van der Waals surface area contributed by atoms with Crippen LogP contribution in [0.5, 0.6) is 5.75 Å². The van der Waals surface area contributed by atoms with Crippen LogP contribution in [0.3, 0.4) is 0 Å². The maximum absolute atomic E-state index is 12.2. The number of benzene rings is 1. The van der Waals surface area contributed by atoms with Crippen molar-refractivity contribution in [1.29, 1.82) is 0 Å². The molecule has 6 nitrogen and oxygen atoms in total. The fourth-order valence-corrected chi connectivity index (χ4v) is 2.00. The highest BCUT2D eigenvalue weighted by atomic mass is 16.5. The van der Waals surface area contributed by atoms with E-state index in [0.29, 0.717) is 23.7 Å². The van der Waals surface area contributed by atoms with Gasteiger partial charge in [-0.2, -0.15) is 5.10 Å². The molecule has 1 heterocycles. The van der Waals surface area contributed by atoms with Gasteiger partial charge in [-0.05, 0) is 25.0 Å². The minimum atomic E-state index is -0.343. The summed E-state index contributed by atoms with van der Waals surface area (Å²) in [6.07, 6.45) is 0. The van der Waals surface area contributed by atoms with Crippen LogP contribution in [0.1, 0.15) is 42.9 Å². The molecule has 21 heavy (non-hydrogen) atoms. The number of nitrogens with two attached hydrogens (primary N) is 1. The number of H-pyrrole nitrogens is 1. The summed E-state index contributed by atoms with van der Waals surface area (Å²) in [5.74, 6) is 0.540. The Morgan fingerprint density at radius 2 is 2.24 bits per heavy atom. The maximum Gasteiger partial charge on any atom is 0.278 e. The summed E-state index contributed by atoms with van der Waals surface area (Å²) in [5, 5.41) is 9.58. The third-order valence-electron chi connectivity index (χ3n) is 3.03. The number of anilines is 2. The topological polar surface area (TPSA) is 93.0 Å². The molecule has 0 atom stereocenters. The first kappa shape index (κ1) is 14.9. The van der Waals surface area contributed by atoms with Crippen LogP contribution in [-0.4, -0.2) is 22.7 Å². The number of carbonyl (C=O) groups excluding carboxylic acids is 1. The molecule has 2 rings (SSSR count). The number of nitrogens with zero attached hydrogens (tertiary/aromatic N) is 1. The van der Waals surface area contributed by atoms with Gasteiger partial charge in [-0.3, -0.25) is 9.89 Å². The smallest absolute Gasteiger partial charge is 0.278 e. The molecular weight excluding hydrogens is 268 g/mol. The van der Waals surface area contributed by atoms with E-state index >= 15 is 0 Å². The molecule has 0 bridgehead atoms. The molecule has 0 aliphatic carbocycles. The van der Waals surface area contributed by atoms with Gasteiger partial charge in [0.2, 0.25) is 0 Å². The molecule has 2 aromatic rings. The zero-order valence-corrected chi connectivity index (χ0v) is 12.4. The summed E-state index contributed by atoms with van der Waals surface area (Å²) in [7, 11) is 0. The van der Waals surface area contributed by atoms with E-state index < -0.39 is 0 Å². The monoisotopic (exact) mass is 288 g/mol. The Morgan fingerprint density at radius 1 is 1.48 bits per heavy atom. The summed E-state index contributed by atoms with van der Waals surface area (Å²) in [6.45, 7) is 6.44. The fraction of sp³-hybridized carbons (Fsp3) is 0.333. The summed E-state index contributed by atoms with van der Waals surface area (Å²) in [4.78, 5) is 12.2. The van der Waals surface area contributed by atoms with Gasteiger partial charge in [0.1, 0.15) is 5.75 Å². The molecule has 1 aromatic carbocycles. The van der Waals surface area contributed by atoms with Gasteiger partial charge in [-0.25, -0.2) is 0 Å². The molecule has 0 aliphatic rings. The molecule has 0 aliphatic heterocycles. The second-order valence-electron chi connectivity index (χ2n) is 4.97. The number of aromatic amines is 1. The number of hydrogen-bond acceptors (Lipinski definition) is 4. The van der Waals surface area contributed by atoms with E-state index in [0.717, 1.165) is 5.69 Å². The van der Waals surface area contributed by atoms with E-state index in [1.54, 1.807) is 12.1 Å². The predicted octanol–water partition coefficient (Wildman–Crippen LogP) is 2.77. The van der Waals surface area contributed by atoms with E-state index in [1.165, 1.54) is 0 Å². The Bertz CT molecular complexity index is 634. The van der Waals surface area contributed by atoms with Crippen LogP contribution < -0.4 is 15.8 Å². The molecule has 0 saturated heterocycles. The summed E-state index contributed by atoms with van der Waals surface area (Å²) in [6, 6.07) is 7.19. The van der Waals surface area contributed by atoms with Crippen molar-refractivity contribution in [2.24, 2.45) is 0 Å². The number of nitrogen functional groups attached to an aromatic ring is 1. The van der Waals surface area contributed by atoms with Gasteiger partial charge in [0, 0.05) is 11.8 Å². The van der Waals surface area contributed by atoms with Gasteiger partial charge in [-0.1, -0.05) is 19.9 Å². The SMILES string of the molecule is CCOc1cccc(NC(=O)c2n[nH]c(C(C)C)c2N)c1. The van der Waals surface area contributed by atoms with E-state index in [2.05, 4.69) is 15.5 Å². The van der Waals surface area contributed by atoms with E-state index in [9.17, 15) is 4.79 Å². The van der Waals surface area contributed by atoms with Crippen molar-refractivity contribution in [1.82, 2.24) is 10.2 Å². The van der Waals surface area contributed by atoms with Crippen LogP contribution in [0.2, 0.25) is 0 Å². The van der Waals surface area contributed by atoms with Crippen molar-refractivity contribution >= 4 is 17.3 Å². The molecule has 1 amide bonds. The largest absolute Gasteiger partial charge is 0.494 e. The highest BCUT2D eigenvalue weighted by Gasteiger charge is 2.19. The summed E-state index contributed by atoms with van der Waals surface area (Å²) >= 11 is 0. The predicted molar refractivity (Wildman–Crippen MR) is 82.7 cm³/mol. The molecule has 1 aromatic heterocycles. The number of carbonyl (C=O) groups is 1. The molecule has 0 spiro atoms. The van der Waals surface area contributed by atoms with Crippen molar-refractivity contribution in [3.63, 3.8) is 0 Å². The second kappa shape index (κ2) is 6.30. The lowest BCUT2D eigenvalue weighted by molar-refractivity contribution is 0.102. The number of aromatic nitrogens is 2.